The minimum atomic E-state index is -0.598. The second kappa shape index (κ2) is 10.1. The van der Waals surface area contributed by atoms with Gasteiger partial charge in [-0.15, -0.1) is 0 Å². The second-order valence-electron chi connectivity index (χ2n) is 12.6. The summed E-state index contributed by atoms with van der Waals surface area (Å²) in [6.45, 7) is 14.2. The van der Waals surface area contributed by atoms with Crippen molar-refractivity contribution >= 4 is 5.69 Å². The van der Waals surface area contributed by atoms with Crippen molar-refractivity contribution in [1.82, 2.24) is 19.9 Å². The van der Waals surface area contributed by atoms with Crippen molar-refractivity contribution in [3.8, 4) is 17.0 Å². The summed E-state index contributed by atoms with van der Waals surface area (Å²) in [5.41, 5.74) is 2.69. The third-order valence-electron chi connectivity index (χ3n) is 8.20. The molecule has 2 aliphatic heterocycles. The minimum absolute atomic E-state index is 0.0698. The number of halogens is 2. The molecule has 0 N–H and O–H groups in total. The second-order valence-corrected chi connectivity index (χ2v) is 12.6. The Morgan fingerprint density at radius 2 is 1.82 bits per heavy atom. The zero-order chi connectivity index (χ0) is 28.1. The summed E-state index contributed by atoms with van der Waals surface area (Å²) in [7, 11) is 2.18. The first kappa shape index (κ1) is 27.4. The Morgan fingerprint density at radius 3 is 2.49 bits per heavy atom. The molecule has 1 unspecified atom stereocenters. The van der Waals surface area contributed by atoms with Gasteiger partial charge >= 0.3 is 0 Å². The zero-order valence-corrected chi connectivity index (χ0v) is 24.1. The Bertz CT molecular complexity index is 1360. The molecule has 2 aliphatic rings. The fourth-order valence-electron chi connectivity index (χ4n) is 5.73. The molecule has 6 nitrogen and oxygen atoms in total. The first-order valence-electron chi connectivity index (χ1n) is 13.8. The quantitative estimate of drug-likeness (QED) is 0.378. The van der Waals surface area contributed by atoms with Gasteiger partial charge in [-0.05, 0) is 97.7 Å². The number of hydrogen-bond donors (Lipinski definition) is 0. The normalized spacial score (nSPS) is 20.6. The number of benzene rings is 1. The van der Waals surface area contributed by atoms with E-state index in [1.165, 1.54) is 11.6 Å². The summed E-state index contributed by atoms with van der Waals surface area (Å²) in [5.74, 6) is -0.0291. The van der Waals surface area contributed by atoms with E-state index in [0.717, 1.165) is 31.3 Å². The van der Waals surface area contributed by atoms with Crippen LogP contribution >= 0.6 is 0 Å². The van der Waals surface area contributed by atoms with Gasteiger partial charge in [-0.2, -0.15) is 0 Å². The lowest BCUT2D eigenvalue weighted by atomic mass is 9.80. The molecule has 1 fully saturated rings. The smallest absolute Gasteiger partial charge is 0.179 e. The molecule has 208 valence electrons. The monoisotopic (exact) mass is 535 g/mol. The fraction of sp³-hybridized carbons (Fsp3) is 0.516. The topological polar surface area (TPSA) is 54.4 Å². The molecule has 2 aromatic heterocycles. The van der Waals surface area contributed by atoms with Crippen molar-refractivity contribution in [3.05, 3.63) is 65.4 Å². The molecule has 0 spiro atoms. The van der Waals surface area contributed by atoms with Gasteiger partial charge in [0, 0.05) is 29.0 Å². The van der Waals surface area contributed by atoms with E-state index >= 15 is 4.39 Å². The number of pyridine rings is 1. The summed E-state index contributed by atoms with van der Waals surface area (Å²) < 4.78 is 36.3. The van der Waals surface area contributed by atoms with E-state index in [-0.39, 0.29) is 23.0 Å². The van der Waals surface area contributed by atoms with Gasteiger partial charge < -0.3 is 14.5 Å². The van der Waals surface area contributed by atoms with Crippen LogP contribution in [0.5, 0.6) is 5.75 Å². The van der Waals surface area contributed by atoms with E-state index < -0.39 is 17.2 Å². The average Bonchev–Trinajstić information content (AvgIpc) is 2.87. The third-order valence-corrected chi connectivity index (χ3v) is 8.20. The zero-order valence-electron chi connectivity index (χ0n) is 24.1. The maximum atomic E-state index is 15.3. The highest BCUT2D eigenvalue weighted by atomic mass is 19.1. The number of hydrogen-bond acceptors (Lipinski definition) is 6. The van der Waals surface area contributed by atoms with E-state index in [0.29, 0.717) is 36.0 Å². The van der Waals surface area contributed by atoms with Crippen molar-refractivity contribution < 1.29 is 13.5 Å². The molecule has 39 heavy (non-hydrogen) atoms. The van der Waals surface area contributed by atoms with Crippen LogP contribution in [-0.4, -0.2) is 57.2 Å². The maximum absolute atomic E-state index is 15.3. The van der Waals surface area contributed by atoms with E-state index in [1.54, 1.807) is 6.07 Å². The molecule has 8 heteroatoms. The third kappa shape index (κ3) is 5.62. The van der Waals surface area contributed by atoms with E-state index in [9.17, 15) is 4.39 Å². The maximum Gasteiger partial charge on any atom is 0.179 e. The predicted octanol–water partition coefficient (Wildman–Crippen LogP) is 6.38. The van der Waals surface area contributed by atoms with Gasteiger partial charge in [-0.25, -0.2) is 18.7 Å². The Balaban J connectivity index is 1.40. The number of likely N-dealkylation sites (tertiary alicyclic amines) is 1. The molecule has 1 atom stereocenters. The van der Waals surface area contributed by atoms with Gasteiger partial charge in [0.05, 0.1) is 24.8 Å². The summed E-state index contributed by atoms with van der Waals surface area (Å²) >= 11 is 0. The van der Waals surface area contributed by atoms with Crippen LogP contribution in [0.1, 0.15) is 77.4 Å². The molecule has 3 aromatic rings. The Hall–Kier alpha value is -3.13. The molecule has 1 saturated heterocycles. The van der Waals surface area contributed by atoms with Crippen LogP contribution in [0.15, 0.2) is 36.7 Å². The van der Waals surface area contributed by atoms with Gasteiger partial charge in [0.15, 0.2) is 17.4 Å². The molecule has 0 aliphatic carbocycles. The van der Waals surface area contributed by atoms with E-state index in [4.69, 9.17) is 4.74 Å². The summed E-state index contributed by atoms with van der Waals surface area (Å²) in [6, 6.07) is 7.32. The van der Waals surface area contributed by atoms with Gasteiger partial charge in [0.1, 0.15) is 17.1 Å². The standard InChI is InChI=1S/C31H39F2N5O/c1-19(2)38-18-31(5,6)39-29-24(32)12-22(13-26(29)38)28-25(33)17-35-27(36-28)14-23-9-8-21(16-34-23)20-10-11-37(7)30(3,4)15-20/h8-9,12-13,16-17,19-20H,10-11,14-15,18H2,1-7H3. The largest absolute Gasteiger partial charge is 0.481 e. The molecule has 0 radical (unpaired) electrons. The number of ether oxygens (including phenoxy) is 1. The highest BCUT2D eigenvalue weighted by Crippen LogP contribution is 2.43. The lowest BCUT2D eigenvalue weighted by Crippen LogP contribution is -2.49. The molecular formula is C31H39F2N5O. The average molecular weight is 536 g/mol. The van der Waals surface area contributed by atoms with Crippen LogP contribution in [0.4, 0.5) is 14.5 Å². The molecule has 4 heterocycles. The summed E-state index contributed by atoms with van der Waals surface area (Å²) in [6.07, 6.45) is 5.66. The van der Waals surface area contributed by atoms with Gasteiger partial charge in [0.25, 0.3) is 0 Å². The highest BCUT2D eigenvalue weighted by Gasteiger charge is 2.36. The van der Waals surface area contributed by atoms with Crippen molar-refractivity contribution in [2.45, 2.75) is 83.9 Å². The molecule has 5 rings (SSSR count). The first-order chi connectivity index (χ1) is 18.3. The number of piperidine rings is 1. The van der Waals surface area contributed by atoms with Crippen LogP contribution in [0.3, 0.4) is 0 Å². The van der Waals surface area contributed by atoms with Crippen LogP contribution in [0, 0.1) is 11.6 Å². The number of rotatable bonds is 5. The van der Waals surface area contributed by atoms with Crippen LogP contribution < -0.4 is 9.64 Å². The lowest BCUT2D eigenvalue weighted by Gasteiger charge is -2.43. The van der Waals surface area contributed by atoms with Crippen LogP contribution in [0.2, 0.25) is 0 Å². The van der Waals surface area contributed by atoms with Crippen molar-refractivity contribution in [3.63, 3.8) is 0 Å². The molecule has 0 bridgehead atoms. The lowest BCUT2D eigenvalue weighted by molar-refractivity contribution is 0.0941. The molecule has 0 saturated carbocycles. The predicted molar refractivity (Wildman–Crippen MR) is 150 cm³/mol. The molecular weight excluding hydrogens is 496 g/mol. The van der Waals surface area contributed by atoms with Gasteiger partial charge in [0.2, 0.25) is 0 Å². The van der Waals surface area contributed by atoms with Gasteiger partial charge in [-0.1, -0.05) is 6.07 Å². The summed E-state index contributed by atoms with van der Waals surface area (Å²) in [5, 5.41) is 0. The summed E-state index contributed by atoms with van der Waals surface area (Å²) in [4.78, 5) is 17.9. The number of aromatic nitrogens is 3. The molecule has 1 aromatic carbocycles. The van der Waals surface area contributed by atoms with Crippen molar-refractivity contribution in [2.75, 3.05) is 25.0 Å². The Labute approximate surface area is 230 Å². The van der Waals surface area contributed by atoms with E-state index in [1.807, 2.05) is 40.0 Å². The van der Waals surface area contributed by atoms with Crippen molar-refractivity contribution in [2.24, 2.45) is 0 Å². The number of anilines is 1. The number of fused-ring (bicyclic) bond motifs is 1. The van der Waals surface area contributed by atoms with Gasteiger partial charge in [-0.3, -0.25) is 4.98 Å². The van der Waals surface area contributed by atoms with E-state index in [2.05, 4.69) is 51.7 Å². The molecule has 0 amide bonds. The minimum Gasteiger partial charge on any atom is -0.481 e. The highest BCUT2D eigenvalue weighted by molar-refractivity contribution is 5.72. The number of nitrogens with zero attached hydrogens (tertiary/aromatic N) is 5. The Morgan fingerprint density at radius 1 is 1.05 bits per heavy atom. The fourth-order valence-corrected chi connectivity index (χ4v) is 5.73. The van der Waals surface area contributed by atoms with Crippen LogP contribution in [0.25, 0.3) is 11.3 Å². The van der Waals surface area contributed by atoms with Crippen LogP contribution in [-0.2, 0) is 6.42 Å². The SMILES string of the molecule is CC(C)N1CC(C)(C)Oc2c(F)cc(-c3nc(Cc4ccc(C5CCN(C)C(C)(C)C5)cn4)ncc3F)cc21. The van der Waals surface area contributed by atoms with Crippen molar-refractivity contribution in [1.29, 1.82) is 0 Å². The first-order valence-corrected chi connectivity index (χ1v) is 13.8. The Kier molecular flexibility index (Phi) is 7.12.